The number of aromatic nitrogens is 4. The van der Waals surface area contributed by atoms with Crippen LogP contribution >= 0.6 is 0 Å². The summed E-state index contributed by atoms with van der Waals surface area (Å²) in [4.78, 5) is 10.8. The lowest BCUT2D eigenvalue weighted by Gasteiger charge is -2.15. The summed E-state index contributed by atoms with van der Waals surface area (Å²) in [6.07, 6.45) is 0. The Morgan fingerprint density at radius 1 is 1.23 bits per heavy atom. The van der Waals surface area contributed by atoms with Crippen molar-refractivity contribution in [3.05, 3.63) is 64.2 Å². The van der Waals surface area contributed by atoms with Crippen LogP contribution in [0.5, 0.6) is 5.75 Å². The lowest BCUT2D eigenvalue weighted by molar-refractivity contribution is -0.385. The lowest BCUT2D eigenvalue weighted by Crippen LogP contribution is -2.22. The molecular formula is C17H15N5O4. The molecule has 0 bridgehead atoms. The second kappa shape index (κ2) is 6.89. The van der Waals surface area contributed by atoms with E-state index in [4.69, 9.17) is 9.47 Å². The zero-order valence-electron chi connectivity index (χ0n) is 13.7. The van der Waals surface area contributed by atoms with E-state index >= 15 is 0 Å². The molecule has 0 aliphatic carbocycles. The number of tetrazole rings is 1. The van der Waals surface area contributed by atoms with E-state index in [1.807, 2.05) is 30.3 Å². The monoisotopic (exact) mass is 353 g/mol. The minimum atomic E-state index is -0.473. The first-order valence-electron chi connectivity index (χ1n) is 8.04. The number of hydrogen-bond donors (Lipinski definition) is 0. The normalized spacial score (nSPS) is 15.5. The van der Waals surface area contributed by atoms with Crippen LogP contribution in [0.1, 0.15) is 11.6 Å². The van der Waals surface area contributed by atoms with Crippen LogP contribution in [0.3, 0.4) is 0 Å². The number of ether oxygens (including phenoxy) is 2. The molecule has 0 saturated carbocycles. The van der Waals surface area contributed by atoms with Gasteiger partial charge in [0.1, 0.15) is 12.6 Å². The standard InChI is InChI=1S/C17H15N5O4/c23-22(24)15-8-4-7-14-16(15)26-11-13(21-17(14)18-19-20-21)10-25-9-12-5-2-1-3-6-12/h1-8,13H,9-11H2. The van der Waals surface area contributed by atoms with Crippen LogP contribution in [0.25, 0.3) is 11.4 Å². The lowest BCUT2D eigenvalue weighted by atomic mass is 10.1. The molecule has 132 valence electrons. The SMILES string of the molecule is O=[N+]([O-])c1cccc2c1OCC(COCc1ccccc1)n1nnnc1-2. The highest BCUT2D eigenvalue weighted by Crippen LogP contribution is 2.39. The second-order valence-corrected chi connectivity index (χ2v) is 5.82. The third-order valence-corrected chi connectivity index (χ3v) is 4.11. The van der Waals surface area contributed by atoms with E-state index in [-0.39, 0.29) is 24.1 Å². The maximum atomic E-state index is 11.3. The third kappa shape index (κ3) is 3.00. The summed E-state index contributed by atoms with van der Waals surface area (Å²) >= 11 is 0. The smallest absolute Gasteiger partial charge is 0.311 e. The molecule has 3 aromatic rings. The van der Waals surface area contributed by atoms with E-state index < -0.39 is 4.92 Å². The summed E-state index contributed by atoms with van der Waals surface area (Å²) in [7, 11) is 0. The molecule has 9 heteroatoms. The predicted molar refractivity (Wildman–Crippen MR) is 90.5 cm³/mol. The van der Waals surface area contributed by atoms with Gasteiger partial charge in [-0.1, -0.05) is 36.4 Å². The fraction of sp³-hybridized carbons (Fsp3) is 0.235. The number of rotatable bonds is 5. The van der Waals surface area contributed by atoms with Crippen molar-refractivity contribution in [2.45, 2.75) is 12.6 Å². The van der Waals surface area contributed by atoms with Crippen LogP contribution < -0.4 is 4.74 Å². The molecule has 1 aliphatic rings. The van der Waals surface area contributed by atoms with Gasteiger partial charge in [0, 0.05) is 6.07 Å². The Hall–Kier alpha value is -3.33. The fourth-order valence-corrected chi connectivity index (χ4v) is 2.87. The van der Waals surface area contributed by atoms with Crippen molar-refractivity contribution < 1.29 is 14.4 Å². The Labute approximate surface area is 148 Å². The first-order chi connectivity index (χ1) is 12.7. The van der Waals surface area contributed by atoms with E-state index in [0.29, 0.717) is 24.6 Å². The van der Waals surface area contributed by atoms with Crippen LogP contribution in [0.2, 0.25) is 0 Å². The molecule has 4 rings (SSSR count). The van der Waals surface area contributed by atoms with Crippen molar-refractivity contribution in [3.63, 3.8) is 0 Å². The molecule has 2 aromatic carbocycles. The maximum Gasteiger partial charge on any atom is 0.311 e. The van der Waals surface area contributed by atoms with E-state index in [2.05, 4.69) is 15.5 Å². The quantitative estimate of drug-likeness (QED) is 0.512. The summed E-state index contributed by atoms with van der Waals surface area (Å²) in [6.45, 7) is 0.932. The van der Waals surface area contributed by atoms with Gasteiger partial charge in [-0.2, -0.15) is 0 Å². The van der Waals surface area contributed by atoms with Crippen LogP contribution in [-0.2, 0) is 11.3 Å². The van der Waals surface area contributed by atoms with Crippen molar-refractivity contribution >= 4 is 5.69 Å². The molecule has 1 aromatic heterocycles. The largest absolute Gasteiger partial charge is 0.484 e. The fourth-order valence-electron chi connectivity index (χ4n) is 2.87. The Kier molecular flexibility index (Phi) is 4.28. The molecule has 0 fully saturated rings. The highest BCUT2D eigenvalue weighted by molar-refractivity contribution is 5.71. The van der Waals surface area contributed by atoms with Crippen LogP contribution in [-0.4, -0.2) is 38.3 Å². The molecular weight excluding hydrogens is 338 g/mol. The summed E-state index contributed by atoms with van der Waals surface area (Å²) < 4.78 is 13.1. The van der Waals surface area contributed by atoms with E-state index in [1.165, 1.54) is 6.07 Å². The zero-order chi connectivity index (χ0) is 17.9. The first kappa shape index (κ1) is 16.2. The van der Waals surface area contributed by atoms with Gasteiger partial charge < -0.3 is 9.47 Å². The average Bonchev–Trinajstić information content (AvgIpc) is 3.09. The van der Waals surface area contributed by atoms with Gasteiger partial charge in [-0.25, -0.2) is 4.68 Å². The summed E-state index contributed by atoms with van der Waals surface area (Å²) in [5, 5.41) is 23.0. The number of nitro benzene ring substituents is 1. The van der Waals surface area contributed by atoms with Crippen molar-refractivity contribution in [2.24, 2.45) is 0 Å². The second-order valence-electron chi connectivity index (χ2n) is 5.82. The summed E-state index contributed by atoms with van der Waals surface area (Å²) in [5.74, 6) is 0.605. The highest BCUT2D eigenvalue weighted by Gasteiger charge is 2.30. The zero-order valence-corrected chi connectivity index (χ0v) is 13.7. The highest BCUT2D eigenvalue weighted by atomic mass is 16.6. The molecule has 2 heterocycles. The summed E-state index contributed by atoms with van der Waals surface area (Å²) in [6, 6.07) is 14.2. The van der Waals surface area contributed by atoms with Crippen LogP contribution in [0.4, 0.5) is 5.69 Å². The Bertz CT molecular complexity index is 928. The molecule has 0 amide bonds. The van der Waals surface area contributed by atoms with Crippen LogP contribution in [0.15, 0.2) is 48.5 Å². The van der Waals surface area contributed by atoms with Gasteiger partial charge in [-0.05, 0) is 22.1 Å². The number of nitrogens with zero attached hydrogens (tertiary/aromatic N) is 5. The summed E-state index contributed by atoms with van der Waals surface area (Å²) in [5.41, 5.74) is 1.44. The van der Waals surface area contributed by atoms with Crippen LogP contribution in [0, 0.1) is 10.1 Å². The van der Waals surface area contributed by atoms with Gasteiger partial charge in [0.2, 0.25) is 5.75 Å². The number of para-hydroxylation sites is 1. The molecule has 1 unspecified atom stereocenters. The van der Waals surface area contributed by atoms with Crippen molar-refractivity contribution in [3.8, 4) is 17.1 Å². The van der Waals surface area contributed by atoms with E-state index in [9.17, 15) is 10.1 Å². The maximum absolute atomic E-state index is 11.3. The molecule has 0 radical (unpaired) electrons. The Morgan fingerprint density at radius 2 is 2.08 bits per heavy atom. The topological polar surface area (TPSA) is 105 Å². The number of benzene rings is 2. The molecule has 0 N–H and O–H groups in total. The molecule has 26 heavy (non-hydrogen) atoms. The van der Waals surface area contributed by atoms with Gasteiger partial charge >= 0.3 is 5.69 Å². The van der Waals surface area contributed by atoms with Crippen molar-refractivity contribution in [2.75, 3.05) is 13.2 Å². The third-order valence-electron chi connectivity index (χ3n) is 4.11. The first-order valence-corrected chi connectivity index (χ1v) is 8.04. The number of hydrogen-bond acceptors (Lipinski definition) is 7. The number of nitro groups is 1. The minimum absolute atomic E-state index is 0.108. The van der Waals surface area contributed by atoms with Crippen molar-refractivity contribution in [1.29, 1.82) is 0 Å². The number of fused-ring (bicyclic) bond motifs is 3. The van der Waals surface area contributed by atoms with Crippen molar-refractivity contribution in [1.82, 2.24) is 20.2 Å². The molecule has 1 atom stereocenters. The molecule has 9 nitrogen and oxygen atoms in total. The van der Waals surface area contributed by atoms with Gasteiger partial charge in [-0.3, -0.25) is 10.1 Å². The Balaban J connectivity index is 1.57. The van der Waals surface area contributed by atoms with E-state index in [0.717, 1.165) is 5.56 Å². The van der Waals surface area contributed by atoms with Gasteiger partial charge in [0.25, 0.3) is 0 Å². The molecule has 1 aliphatic heterocycles. The predicted octanol–water partition coefficient (Wildman–Crippen LogP) is 2.40. The van der Waals surface area contributed by atoms with E-state index in [1.54, 1.807) is 16.8 Å². The van der Waals surface area contributed by atoms with Gasteiger partial charge in [0.15, 0.2) is 5.82 Å². The molecule has 0 spiro atoms. The average molecular weight is 353 g/mol. The van der Waals surface area contributed by atoms with Gasteiger partial charge in [-0.15, -0.1) is 5.10 Å². The Morgan fingerprint density at radius 3 is 2.88 bits per heavy atom. The molecule has 0 saturated heterocycles. The van der Waals surface area contributed by atoms with Gasteiger partial charge in [0.05, 0.1) is 23.7 Å². The minimum Gasteiger partial charge on any atom is -0.484 e.